The number of aromatic carboxylic acids is 1. The Labute approximate surface area is 104 Å². The fraction of sp³-hybridized carbons (Fsp3) is 0. The van der Waals surface area contributed by atoms with E-state index in [1.165, 1.54) is 0 Å². The first-order valence-corrected chi connectivity index (χ1v) is 5.12. The van der Waals surface area contributed by atoms with E-state index in [0.29, 0.717) is 5.56 Å². The van der Waals surface area contributed by atoms with Gasteiger partial charge in [-0.05, 0) is 22.9 Å². The molecule has 4 heteroatoms. The molecule has 0 aliphatic carbocycles. The Kier molecular flexibility index (Phi) is 4.63. The van der Waals surface area contributed by atoms with Crippen LogP contribution in [0.3, 0.4) is 0 Å². The summed E-state index contributed by atoms with van der Waals surface area (Å²) in [4.78, 5) is 19.9. The Morgan fingerprint density at radius 2 is 1.56 bits per heavy atom. The number of carbonyl (C=O) groups is 2. The molecule has 0 aliphatic rings. The highest BCUT2D eigenvalue weighted by Crippen LogP contribution is 2.15. The Hall–Kier alpha value is -2.62. The lowest BCUT2D eigenvalue weighted by atomic mass is 10.1. The summed E-state index contributed by atoms with van der Waals surface area (Å²) in [7, 11) is 0. The van der Waals surface area contributed by atoms with Crippen molar-refractivity contribution in [1.29, 1.82) is 0 Å². The molecule has 0 amide bonds. The lowest BCUT2D eigenvalue weighted by Crippen LogP contribution is -1.94. The van der Waals surface area contributed by atoms with Crippen molar-refractivity contribution >= 4 is 22.7 Å². The van der Waals surface area contributed by atoms with Gasteiger partial charge in [-0.3, -0.25) is 0 Å². The molecular formula is C14H12O4. The molecule has 0 unspecified atom stereocenters. The Bertz CT molecular complexity index is 587. The highest BCUT2D eigenvalue weighted by Gasteiger charge is 2.01. The summed E-state index contributed by atoms with van der Waals surface area (Å²) in [6.07, 6.45) is 0.833. The molecular weight excluding hydrogens is 232 g/mol. The molecule has 0 heterocycles. The van der Waals surface area contributed by atoms with Crippen LogP contribution in [0.1, 0.15) is 10.4 Å². The van der Waals surface area contributed by atoms with E-state index in [-0.39, 0.29) is 0 Å². The van der Waals surface area contributed by atoms with Gasteiger partial charge in [-0.2, -0.15) is 0 Å². The third kappa shape index (κ3) is 3.75. The minimum atomic E-state index is -0.981. The van der Waals surface area contributed by atoms with E-state index >= 15 is 0 Å². The zero-order chi connectivity index (χ0) is 13.5. The number of rotatable bonds is 2. The van der Waals surface area contributed by atoms with Gasteiger partial charge in [0.25, 0.3) is 0 Å². The van der Waals surface area contributed by atoms with E-state index < -0.39 is 11.9 Å². The summed E-state index contributed by atoms with van der Waals surface area (Å²) in [6.45, 7) is 2.96. The summed E-state index contributed by atoms with van der Waals surface area (Å²) in [6, 6.07) is 12.8. The third-order valence-electron chi connectivity index (χ3n) is 2.17. The van der Waals surface area contributed by atoms with Gasteiger partial charge < -0.3 is 10.2 Å². The molecule has 0 aliphatic heterocycles. The topological polar surface area (TPSA) is 74.6 Å². The second kappa shape index (κ2) is 6.20. The van der Waals surface area contributed by atoms with Crippen LogP contribution >= 0.6 is 0 Å². The maximum absolute atomic E-state index is 10.6. The van der Waals surface area contributed by atoms with Crippen molar-refractivity contribution < 1.29 is 19.8 Å². The first-order valence-electron chi connectivity index (χ1n) is 5.12. The van der Waals surface area contributed by atoms with Gasteiger partial charge in [0, 0.05) is 6.08 Å². The summed E-state index contributed by atoms with van der Waals surface area (Å²) >= 11 is 0. The maximum Gasteiger partial charge on any atom is 0.335 e. The summed E-state index contributed by atoms with van der Waals surface area (Å²) in [5.74, 6) is -1.87. The minimum absolute atomic E-state index is 0.332. The molecule has 4 nitrogen and oxygen atoms in total. The van der Waals surface area contributed by atoms with Crippen LogP contribution in [-0.2, 0) is 4.79 Å². The minimum Gasteiger partial charge on any atom is -0.478 e. The number of carboxylic acid groups (broad SMARTS) is 2. The normalized spacial score (nSPS) is 9.11. The summed E-state index contributed by atoms with van der Waals surface area (Å²) < 4.78 is 0. The van der Waals surface area contributed by atoms with Crippen molar-refractivity contribution in [2.75, 3.05) is 0 Å². The number of aliphatic carboxylic acids is 1. The smallest absolute Gasteiger partial charge is 0.335 e. The zero-order valence-corrected chi connectivity index (χ0v) is 9.54. The lowest BCUT2D eigenvalue weighted by molar-refractivity contribution is -0.131. The van der Waals surface area contributed by atoms with Crippen molar-refractivity contribution in [3.63, 3.8) is 0 Å². The van der Waals surface area contributed by atoms with Crippen molar-refractivity contribution in [3.8, 4) is 0 Å². The zero-order valence-electron chi connectivity index (χ0n) is 9.54. The quantitative estimate of drug-likeness (QED) is 0.796. The second-order valence-electron chi connectivity index (χ2n) is 3.41. The molecule has 0 bridgehead atoms. The van der Waals surface area contributed by atoms with E-state index in [9.17, 15) is 9.59 Å². The molecule has 0 aromatic heterocycles. The van der Waals surface area contributed by atoms with Gasteiger partial charge in [-0.1, -0.05) is 36.9 Å². The SMILES string of the molecule is C=CC(=O)O.O=C(O)c1ccc2ccccc2c1. The largest absolute Gasteiger partial charge is 0.478 e. The van der Waals surface area contributed by atoms with E-state index in [1.54, 1.807) is 12.1 Å². The number of fused-ring (bicyclic) bond motifs is 1. The molecule has 0 saturated heterocycles. The molecule has 2 rings (SSSR count). The van der Waals surface area contributed by atoms with Crippen molar-refractivity contribution in [2.45, 2.75) is 0 Å². The van der Waals surface area contributed by atoms with E-state index in [0.717, 1.165) is 16.8 Å². The van der Waals surface area contributed by atoms with Gasteiger partial charge in [0.2, 0.25) is 0 Å². The Balaban J connectivity index is 0.000000280. The van der Waals surface area contributed by atoms with E-state index in [1.807, 2.05) is 30.3 Å². The van der Waals surface area contributed by atoms with Crippen LogP contribution in [0.5, 0.6) is 0 Å². The standard InChI is InChI=1S/C11H8O2.C3H4O2/c12-11(13)10-6-5-8-3-1-2-4-9(8)7-10;1-2-3(4)5/h1-7H,(H,12,13);2H,1H2,(H,4,5). The molecule has 18 heavy (non-hydrogen) atoms. The van der Waals surface area contributed by atoms with Crippen LogP contribution in [0.25, 0.3) is 10.8 Å². The van der Waals surface area contributed by atoms with Gasteiger partial charge in [0.1, 0.15) is 0 Å². The molecule has 2 aromatic rings. The van der Waals surface area contributed by atoms with Gasteiger partial charge in [0.15, 0.2) is 0 Å². The number of benzene rings is 2. The third-order valence-corrected chi connectivity index (χ3v) is 2.17. The highest BCUT2D eigenvalue weighted by atomic mass is 16.4. The van der Waals surface area contributed by atoms with Crippen LogP contribution in [0.2, 0.25) is 0 Å². The fourth-order valence-corrected chi connectivity index (χ4v) is 1.32. The van der Waals surface area contributed by atoms with Crippen molar-refractivity contribution in [3.05, 3.63) is 60.7 Å². The number of hydrogen-bond donors (Lipinski definition) is 2. The van der Waals surface area contributed by atoms with Crippen LogP contribution in [-0.4, -0.2) is 22.2 Å². The summed E-state index contributed by atoms with van der Waals surface area (Å²) in [5, 5.41) is 18.4. The average Bonchev–Trinajstić information content (AvgIpc) is 2.38. The van der Waals surface area contributed by atoms with E-state index in [4.69, 9.17) is 10.2 Å². The maximum atomic E-state index is 10.6. The second-order valence-corrected chi connectivity index (χ2v) is 3.41. The van der Waals surface area contributed by atoms with Crippen LogP contribution in [0, 0.1) is 0 Å². The molecule has 0 fully saturated rings. The van der Waals surface area contributed by atoms with Crippen molar-refractivity contribution in [1.82, 2.24) is 0 Å². The van der Waals surface area contributed by atoms with E-state index in [2.05, 4.69) is 6.58 Å². The van der Waals surface area contributed by atoms with Gasteiger partial charge >= 0.3 is 11.9 Å². The molecule has 0 atom stereocenters. The Morgan fingerprint density at radius 1 is 1.00 bits per heavy atom. The lowest BCUT2D eigenvalue weighted by Gasteiger charge is -1.98. The molecule has 0 spiro atoms. The van der Waals surface area contributed by atoms with Gasteiger partial charge in [-0.25, -0.2) is 9.59 Å². The van der Waals surface area contributed by atoms with Crippen LogP contribution < -0.4 is 0 Å². The van der Waals surface area contributed by atoms with Gasteiger partial charge in [-0.15, -0.1) is 0 Å². The fourth-order valence-electron chi connectivity index (χ4n) is 1.32. The first kappa shape index (κ1) is 13.4. The van der Waals surface area contributed by atoms with Crippen molar-refractivity contribution in [2.24, 2.45) is 0 Å². The molecule has 0 saturated carbocycles. The number of hydrogen-bond acceptors (Lipinski definition) is 2. The molecule has 0 radical (unpaired) electrons. The number of carboxylic acids is 2. The molecule has 2 N–H and O–H groups in total. The highest BCUT2D eigenvalue weighted by molar-refractivity contribution is 5.94. The summed E-state index contributed by atoms with van der Waals surface area (Å²) in [5.41, 5.74) is 0.332. The van der Waals surface area contributed by atoms with Gasteiger partial charge in [0.05, 0.1) is 5.56 Å². The average molecular weight is 244 g/mol. The Morgan fingerprint density at radius 3 is 2.06 bits per heavy atom. The van der Waals surface area contributed by atoms with Crippen LogP contribution in [0.4, 0.5) is 0 Å². The molecule has 92 valence electrons. The predicted octanol–water partition coefficient (Wildman–Crippen LogP) is 2.80. The van der Waals surface area contributed by atoms with Crippen LogP contribution in [0.15, 0.2) is 55.1 Å². The predicted molar refractivity (Wildman–Crippen MR) is 68.7 cm³/mol. The first-order chi connectivity index (χ1) is 8.54. The monoisotopic (exact) mass is 244 g/mol. The molecule has 2 aromatic carbocycles.